The number of nitrogens with one attached hydrogen (secondary N) is 1. The Morgan fingerprint density at radius 3 is 2.82 bits per heavy atom. The van der Waals surface area contributed by atoms with Crippen LogP contribution in [0.3, 0.4) is 0 Å². The average Bonchev–Trinajstić information content (AvgIpc) is 2.30. The zero-order valence-corrected chi connectivity index (χ0v) is 10.6. The van der Waals surface area contributed by atoms with Crippen LogP contribution in [0.15, 0.2) is 24.8 Å². The van der Waals surface area contributed by atoms with Crippen molar-refractivity contribution in [1.29, 1.82) is 0 Å². The van der Waals surface area contributed by atoms with E-state index in [4.69, 9.17) is 4.74 Å². The van der Waals surface area contributed by atoms with E-state index in [0.717, 1.165) is 24.1 Å². The first-order valence-electron chi connectivity index (χ1n) is 6.00. The molecule has 2 nitrogen and oxygen atoms in total. The van der Waals surface area contributed by atoms with Crippen LogP contribution in [0.25, 0.3) is 5.76 Å². The SMILES string of the molecule is C=C(OCC)c1ccc(F)cc1CNCCC. The van der Waals surface area contributed by atoms with Gasteiger partial charge in [0.25, 0.3) is 0 Å². The van der Waals surface area contributed by atoms with Crippen molar-refractivity contribution in [3.05, 3.63) is 41.7 Å². The second-order valence-corrected chi connectivity index (χ2v) is 3.83. The predicted octanol–water partition coefficient (Wildman–Crippen LogP) is 3.33. The molecule has 17 heavy (non-hydrogen) atoms. The Balaban J connectivity index is 2.83. The van der Waals surface area contributed by atoms with Crippen LogP contribution in [0.4, 0.5) is 4.39 Å². The molecule has 0 fully saturated rings. The van der Waals surface area contributed by atoms with Gasteiger partial charge in [0.1, 0.15) is 11.6 Å². The second kappa shape index (κ2) is 7.07. The van der Waals surface area contributed by atoms with Crippen molar-refractivity contribution in [2.24, 2.45) is 0 Å². The summed E-state index contributed by atoms with van der Waals surface area (Å²) in [5, 5.41) is 3.25. The molecular formula is C14H20FNO. The number of halogens is 1. The Kier molecular flexibility index (Phi) is 5.70. The molecule has 0 radical (unpaired) electrons. The number of ether oxygens (including phenoxy) is 1. The third-order valence-electron chi connectivity index (χ3n) is 2.43. The molecule has 94 valence electrons. The minimum absolute atomic E-state index is 0.230. The van der Waals surface area contributed by atoms with E-state index in [9.17, 15) is 4.39 Å². The van der Waals surface area contributed by atoms with Gasteiger partial charge in [-0.25, -0.2) is 4.39 Å². The minimum Gasteiger partial charge on any atom is -0.494 e. The topological polar surface area (TPSA) is 21.3 Å². The third-order valence-corrected chi connectivity index (χ3v) is 2.43. The summed E-state index contributed by atoms with van der Waals surface area (Å²) < 4.78 is 18.6. The summed E-state index contributed by atoms with van der Waals surface area (Å²) in [4.78, 5) is 0. The molecule has 1 rings (SSSR count). The molecule has 1 aromatic carbocycles. The molecule has 0 atom stereocenters. The Morgan fingerprint density at radius 2 is 2.18 bits per heavy atom. The fourth-order valence-electron chi connectivity index (χ4n) is 1.63. The van der Waals surface area contributed by atoms with E-state index >= 15 is 0 Å². The van der Waals surface area contributed by atoms with Crippen LogP contribution < -0.4 is 5.32 Å². The fraction of sp³-hybridized carbons (Fsp3) is 0.429. The first-order chi connectivity index (χ1) is 8.19. The van der Waals surface area contributed by atoms with Gasteiger partial charge in [0.05, 0.1) is 6.61 Å². The van der Waals surface area contributed by atoms with E-state index < -0.39 is 0 Å². The zero-order chi connectivity index (χ0) is 12.7. The van der Waals surface area contributed by atoms with E-state index in [1.165, 1.54) is 12.1 Å². The Hall–Kier alpha value is -1.35. The lowest BCUT2D eigenvalue weighted by molar-refractivity contribution is 0.298. The zero-order valence-electron chi connectivity index (χ0n) is 10.6. The summed E-state index contributed by atoms with van der Waals surface area (Å²) in [5.41, 5.74) is 1.76. The van der Waals surface area contributed by atoms with Gasteiger partial charge in [0.15, 0.2) is 0 Å². The van der Waals surface area contributed by atoms with Crippen LogP contribution >= 0.6 is 0 Å². The summed E-state index contributed by atoms with van der Waals surface area (Å²) in [6.45, 7) is 9.98. The number of hydrogen-bond acceptors (Lipinski definition) is 2. The first-order valence-corrected chi connectivity index (χ1v) is 6.00. The number of hydrogen-bond donors (Lipinski definition) is 1. The number of benzene rings is 1. The van der Waals surface area contributed by atoms with E-state index in [0.29, 0.717) is 18.9 Å². The van der Waals surface area contributed by atoms with Crippen molar-refractivity contribution in [2.45, 2.75) is 26.8 Å². The lowest BCUT2D eigenvalue weighted by atomic mass is 10.1. The highest BCUT2D eigenvalue weighted by Crippen LogP contribution is 2.20. The molecule has 1 N–H and O–H groups in total. The van der Waals surface area contributed by atoms with Crippen molar-refractivity contribution >= 4 is 5.76 Å². The van der Waals surface area contributed by atoms with Crippen molar-refractivity contribution in [2.75, 3.05) is 13.2 Å². The molecule has 0 amide bonds. The summed E-state index contributed by atoms with van der Waals surface area (Å²) >= 11 is 0. The Bertz CT molecular complexity index is 376. The molecule has 0 aromatic heterocycles. The van der Waals surface area contributed by atoms with Crippen LogP contribution in [0.1, 0.15) is 31.4 Å². The molecule has 0 bridgehead atoms. The highest BCUT2D eigenvalue weighted by Gasteiger charge is 2.07. The molecule has 0 heterocycles. The number of rotatable bonds is 7. The van der Waals surface area contributed by atoms with Gasteiger partial charge in [0, 0.05) is 12.1 Å². The summed E-state index contributed by atoms with van der Waals surface area (Å²) in [7, 11) is 0. The maximum Gasteiger partial charge on any atom is 0.123 e. The van der Waals surface area contributed by atoms with Crippen molar-refractivity contribution in [1.82, 2.24) is 5.32 Å². The van der Waals surface area contributed by atoms with E-state index in [1.54, 1.807) is 6.07 Å². The van der Waals surface area contributed by atoms with Gasteiger partial charge >= 0.3 is 0 Å². The normalized spacial score (nSPS) is 10.3. The molecule has 1 aromatic rings. The maximum atomic E-state index is 13.2. The molecule has 0 aliphatic carbocycles. The van der Waals surface area contributed by atoms with Gasteiger partial charge in [-0.2, -0.15) is 0 Å². The summed E-state index contributed by atoms with van der Waals surface area (Å²) in [6.07, 6.45) is 1.05. The molecule has 0 aliphatic rings. The Morgan fingerprint density at radius 1 is 1.41 bits per heavy atom. The van der Waals surface area contributed by atoms with Crippen molar-refractivity contribution < 1.29 is 9.13 Å². The highest BCUT2D eigenvalue weighted by molar-refractivity contribution is 5.61. The second-order valence-electron chi connectivity index (χ2n) is 3.83. The van der Waals surface area contributed by atoms with Crippen LogP contribution in [-0.2, 0) is 11.3 Å². The lowest BCUT2D eigenvalue weighted by Crippen LogP contribution is -2.15. The molecule has 0 saturated heterocycles. The molecular weight excluding hydrogens is 217 g/mol. The monoisotopic (exact) mass is 237 g/mol. The first kappa shape index (κ1) is 13.7. The average molecular weight is 237 g/mol. The van der Waals surface area contributed by atoms with Gasteiger partial charge in [-0.3, -0.25) is 0 Å². The molecule has 0 saturated carbocycles. The minimum atomic E-state index is -0.230. The van der Waals surface area contributed by atoms with Gasteiger partial charge in [-0.1, -0.05) is 13.5 Å². The fourth-order valence-corrected chi connectivity index (χ4v) is 1.63. The largest absolute Gasteiger partial charge is 0.494 e. The predicted molar refractivity (Wildman–Crippen MR) is 69.1 cm³/mol. The molecule has 3 heteroatoms. The summed E-state index contributed by atoms with van der Waals surface area (Å²) in [5.74, 6) is 0.368. The van der Waals surface area contributed by atoms with Crippen LogP contribution in [0.2, 0.25) is 0 Å². The van der Waals surface area contributed by atoms with Gasteiger partial charge in [-0.05, 0) is 43.7 Å². The van der Waals surface area contributed by atoms with E-state index in [1.807, 2.05) is 6.92 Å². The van der Waals surface area contributed by atoms with Gasteiger partial charge < -0.3 is 10.1 Å². The maximum absolute atomic E-state index is 13.2. The van der Waals surface area contributed by atoms with Crippen LogP contribution in [0, 0.1) is 5.82 Å². The third kappa shape index (κ3) is 4.19. The van der Waals surface area contributed by atoms with Crippen LogP contribution in [-0.4, -0.2) is 13.2 Å². The van der Waals surface area contributed by atoms with E-state index in [2.05, 4.69) is 18.8 Å². The van der Waals surface area contributed by atoms with Crippen LogP contribution in [0.5, 0.6) is 0 Å². The standard InChI is InChI=1S/C14H20FNO/c1-4-8-16-10-12-9-13(15)6-7-14(12)11(3)17-5-2/h6-7,9,16H,3-5,8,10H2,1-2H3. The van der Waals surface area contributed by atoms with E-state index in [-0.39, 0.29) is 5.82 Å². The molecule has 0 spiro atoms. The smallest absolute Gasteiger partial charge is 0.123 e. The van der Waals surface area contributed by atoms with Crippen molar-refractivity contribution in [3.8, 4) is 0 Å². The quantitative estimate of drug-likeness (QED) is 0.580. The lowest BCUT2D eigenvalue weighted by Gasteiger charge is -2.13. The Labute approximate surface area is 102 Å². The molecule has 0 unspecified atom stereocenters. The van der Waals surface area contributed by atoms with Crippen molar-refractivity contribution in [3.63, 3.8) is 0 Å². The van der Waals surface area contributed by atoms with Gasteiger partial charge in [0.2, 0.25) is 0 Å². The molecule has 0 aliphatic heterocycles. The van der Waals surface area contributed by atoms with Gasteiger partial charge in [-0.15, -0.1) is 0 Å². The highest BCUT2D eigenvalue weighted by atomic mass is 19.1. The summed E-state index contributed by atoms with van der Waals surface area (Å²) in [6, 6.07) is 4.68.